The summed E-state index contributed by atoms with van der Waals surface area (Å²) in [6.45, 7) is 1.69. The fourth-order valence-electron chi connectivity index (χ4n) is 2.04. The number of methoxy groups -OCH3 is 1. The lowest BCUT2D eigenvalue weighted by Gasteiger charge is -2.11. The smallest absolute Gasteiger partial charge is 0.324 e. The van der Waals surface area contributed by atoms with Gasteiger partial charge in [-0.05, 0) is 13.0 Å². The van der Waals surface area contributed by atoms with E-state index in [1.165, 1.54) is 25.6 Å². The molecule has 3 aromatic rings. The monoisotopic (exact) mass is 332 g/mol. The highest BCUT2D eigenvalue weighted by molar-refractivity contribution is 6.01. The Morgan fingerprint density at radius 3 is 2.75 bits per heavy atom. The molecule has 24 heavy (non-hydrogen) atoms. The number of halogens is 1. The van der Waals surface area contributed by atoms with Crippen molar-refractivity contribution in [1.29, 1.82) is 0 Å². The zero-order valence-corrected chi connectivity index (χ0v) is 12.8. The van der Waals surface area contributed by atoms with E-state index in [1.807, 2.05) is 0 Å². The molecular weight excluding hydrogens is 319 g/mol. The molecule has 2 aromatic heterocycles. The predicted molar refractivity (Wildman–Crippen MR) is 82.3 cm³/mol. The van der Waals surface area contributed by atoms with Crippen LogP contribution in [0.25, 0.3) is 11.5 Å². The normalized spacial score (nSPS) is 10.5. The third-order valence-corrected chi connectivity index (χ3v) is 3.07. The maximum atomic E-state index is 14.0. The van der Waals surface area contributed by atoms with Crippen LogP contribution in [-0.2, 0) is 0 Å². The number of ether oxygens (including phenoxy) is 1. The Morgan fingerprint density at radius 2 is 2.12 bits per heavy atom. The second kappa shape index (κ2) is 6.41. The average Bonchev–Trinajstić information content (AvgIpc) is 3.19. The molecule has 0 spiro atoms. The van der Waals surface area contributed by atoms with Gasteiger partial charge in [0, 0.05) is 12.1 Å². The number of urea groups is 1. The number of carbonyl (C=O) groups is 1. The molecule has 0 atom stereocenters. The van der Waals surface area contributed by atoms with Crippen molar-refractivity contribution in [2.75, 3.05) is 17.7 Å². The van der Waals surface area contributed by atoms with Crippen LogP contribution in [0.3, 0.4) is 0 Å². The Balaban J connectivity index is 1.88. The van der Waals surface area contributed by atoms with Crippen LogP contribution in [0.1, 0.15) is 5.76 Å². The van der Waals surface area contributed by atoms with Crippen LogP contribution < -0.4 is 15.4 Å². The second-order valence-corrected chi connectivity index (χ2v) is 4.77. The zero-order valence-electron chi connectivity index (χ0n) is 12.8. The Bertz CT molecular complexity index is 860. The van der Waals surface area contributed by atoms with E-state index in [1.54, 1.807) is 13.0 Å². The first kappa shape index (κ1) is 15.5. The SMILES string of the molecule is COc1cc(-c2ncco2)c(NC(=O)Nc2cc(C)on2)cc1F. The number of aromatic nitrogens is 2. The number of hydrogen-bond donors (Lipinski definition) is 2. The lowest BCUT2D eigenvalue weighted by molar-refractivity contribution is 0.262. The number of hydrogen-bond acceptors (Lipinski definition) is 6. The fourth-order valence-corrected chi connectivity index (χ4v) is 2.04. The molecule has 0 unspecified atom stereocenters. The van der Waals surface area contributed by atoms with Crippen molar-refractivity contribution in [2.45, 2.75) is 6.92 Å². The van der Waals surface area contributed by atoms with E-state index in [-0.39, 0.29) is 23.1 Å². The maximum absolute atomic E-state index is 14.0. The standard InChI is InChI=1S/C15H13FN4O4/c1-8-5-13(20-24-8)19-15(21)18-11-7-10(16)12(22-2)6-9(11)14-17-3-4-23-14/h3-7H,1-2H3,(H2,18,19,20,21). The van der Waals surface area contributed by atoms with Gasteiger partial charge in [-0.1, -0.05) is 5.16 Å². The molecular formula is C15H13FN4O4. The number of nitrogens with zero attached hydrogens (tertiary/aromatic N) is 2. The lowest BCUT2D eigenvalue weighted by atomic mass is 10.1. The number of anilines is 2. The van der Waals surface area contributed by atoms with Crippen molar-refractivity contribution < 1.29 is 22.9 Å². The maximum Gasteiger partial charge on any atom is 0.324 e. The first-order chi connectivity index (χ1) is 11.6. The quantitative estimate of drug-likeness (QED) is 0.759. The van der Waals surface area contributed by atoms with Gasteiger partial charge in [0.05, 0.1) is 24.6 Å². The minimum absolute atomic E-state index is 0.00119. The topological polar surface area (TPSA) is 102 Å². The van der Waals surface area contributed by atoms with Gasteiger partial charge in [-0.3, -0.25) is 5.32 Å². The molecule has 0 fully saturated rings. The molecule has 9 heteroatoms. The molecule has 0 saturated heterocycles. The van der Waals surface area contributed by atoms with Crippen molar-refractivity contribution in [1.82, 2.24) is 10.1 Å². The number of rotatable bonds is 4. The molecule has 2 N–H and O–H groups in total. The Hall–Kier alpha value is -3.36. The molecule has 0 aliphatic rings. The van der Waals surface area contributed by atoms with Crippen molar-refractivity contribution >= 4 is 17.5 Å². The van der Waals surface area contributed by atoms with Crippen LogP contribution >= 0.6 is 0 Å². The highest BCUT2D eigenvalue weighted by Gasteiger charge is 2.17. The summed E-state index contributed by atoms with van der Waals surface area (Å²) in [6.07, 6.45) is 2.81. The van der Waals surface area contributed by atoms with E-state index < -0.39 is 11.8 Å². The molecule has 0 aliphatic carbocycles. The molecule has 3 rings (SSSR count). The van der Waals surface area contributed by atoms with E-state index in [0.717, 1.165) is 6.07 Å². The number of aryl methyl sites for hydroxylation is 1. The van der Waals surface area contributed by atoms with Gasteiger partial charge in [0.1, 0.15) is 12.0 Å². The van der Waals surface area contributed by atoms with Gasteiger partial charge in [0.25, 0.3) is 0 Å². The molecule has 1 aromatic carbocycles. The summed E-state index contributed by atoms with van der Waals surface area (Å²) >= 11 is 0. The van der Waals surface area contributed by atoms with Gasteiger partial charge in [-0.2, -0.15) is 0 Å². The van der Waals surface area contributed by atoms with Crippen molar-refractivity contribution in [2.24, 2.45) is 0 Å². The van der Waals surface area contributed by atoms with Crippen LogP contribution in [0.15, 0.2) is 39.6 Å². The molecule has 0 aliphatic heterocycles. The Labute approximate surface area is 135 Å². The Kier molecular flexibility index (Phi) is 4.15. The molecule has 8 nitrogen and oxygen atoms in total. The average molecular weight is 332 g/mol. The number of carbonyl (C=O) groups excluding carboxylic acids is 1. The second-order valence-electron chi connectivity index (χ2n) is 4.77. The van der Waals surface area contributed by atoms with Crippen LogP contribution in [0.2, 0.25) is 0 Å². The van der Waals surface area contributed by atoms with E-state index in [9.17, 15) is 9.18 Å². The molecule has 0 radical (unpaired) electrons. The van der Waals surface area contributed by atoms with E-state index in [2.05, 4.69) is 20.8 Å². The van der Waals surface area contributed by atoms with Crippen LogP contribution in [0.5, 0.6) is 5.75 Å². The Morgan fingerprint density at radius 1 is 1.29 bits per heavy atom. The number of nitrogens with one attached hydrogen (secondary N) is 2. The van der Waals surface area contributed by atoms with E-state index >= 15 is 0 Å². The third kappa shape index (κ3) is 3.19. The molecule has 2 heterocycles. The zero-order chi connectivity index (χ0) is 17.1. The first-order valence-corrected chi connectivity index (χ1v) is 6.85. The summed E-state index contributed by atoms with van der Waals surface area (Å²) in [6, 6.07) is 3.42. The minimum Gasteiger partial charge on any atom is -0.494 e. The van der Waals surface area contributed by atoms with Crippen molar-refractivity contribution in [3.8, 4) is 17.2 Å². The molecule has 0 saturated carbocycles. The van der Waals surface area contributed by atoms with Gasteiger partial charge >= 0.3 is 6.03 Å². The summed E-state index contributed by atoms with van der Waals surface area (Å²) < 4.78 is 29.0. The summed E-state index contributed by atoms with van der Waals surface area (Å²) in [7, 11) is 1.34. The van der Waals surface area contributed by atoms with Crippen molar-refractivity contribution in [3.05, 3.63) is 42.2 Å². The molecule has 2 amide bonds. The van der Waals surface area contributed by atoms with Crippen LogP contribution in [-0.4, -0.2) is 23.3 Å². The molecule has 124 valence electrons. The fraction of sp³-hybridized carbons (Fsp3) is 0.133. The highest BCUT2D eigenvalue weighted by atomic mass is 19.1. The summed E-state index contributed by atoms with van der Waals surface area (Å²) in [4.78, 5) is 16.1. The summed E-state index contributed by atoms with van der Waals surface area (Å²) in [5, 5.41) is 8.64. The third-order valence-electron chi connectivity index (χ3n) is 3.07. The minimum atomic E-state index is -0.639. The van der Waals surface area contributed by atoms with E-state index in [0.29, 0.717) is 11.3 Å². The van der Waals surface area contributed by atoms with Gasteiger partial charge in [0.2, 0.25) is 5.89 Å². The van der Waals surface area contributed by atoms with Crippen molar-refractivity contribution in [3.63, 3.8) is 0 Å². The van der Waals surface area contributed by atoms with Crippen LogP contribution in [0.4, 0.5) is 20.7 Å². The van der Waals surface area contributed by atoms with E-state index in [4.69, 9.17) is 13.7 Å². The van der Waals surface area contributed by atoms with Crippen LogP contribution in [0, 0.1) is 12.7 Å². The molecule has 0 bridgehead atoms. The first-order valence-electron chi connectivity index (χ1n) is 6.85. The van der Waals surface area contributed by atoms with Gasteiger partial charge in [-0.15, -0.1) is 0 Å². The number of benzene rings is 1. The summed E-state index contributed by atoms with van der Waals surface area (Å²) in [5.41, 5.74) is 0.526. The van der Waals surface area contributed by atoms with Gasteiger partial charge in [-0.25, -0.2) is 14.2 Å². The summed E-state index contributed by atoms with van der Waals surface area (Å²) in [5.74, 6) is 0.348. The predicted octanol–water partition coefficient (Wildman–Crippen LogP) is 3.43. The highest BCUT2D eigenvalue weighted by Crippen LogP contribution is 2.33. The number of oxazole rings is 1. The van der Waals surface area contributed by atoms with Gasteiger partial charge in [0.15, 0.2) is 17.4 Å². The number of amides is 2. The van der Waals surface area contributed by atoms with Gasteiger partial charge < -0.3 is 19.0 Å². The lowest BCUT2D eigenvalue weighted by Crippen LogP contribution is -2.20. The largest absolute Gasteiger partial charge is 0.494 e.